The number of amides is 3. The summed E-state index contributed by atoms with van der Waals surface area (Å²) in [7, 11) is 0. The lowest BCUT2D eigenvalue weighted by atomic mass is 9.86. The molecule has 0 saturated carbocycles. The molecule has 2 atom stereocenters. The van der Waals surface area contributed by atoms with E-state index in [-0.39, 0.29) is 43.7 Å². The topological polar surface area (TPSA) is 74.2 Å². The normalized spacial score (nSPS) is 18.3. The third-order valence-electron chi connectivity index (χ3n) is 7.39. The van der Waals surface area contributed by atoms with E-state index in [9.17, 15) is 9.59 Å². The monoisotopic (exact) mass is 644 g/mol. The van der Waals surface area contributed by atoms with E-state index >= 15 is 0 Å². The van der Waals surface area contributed by atoms with Crippen molar-refractivity contribution in [1.29, 1.82) is 0 Å². The first-order chi connectivity index (χ1) is 19.6. The number of nitrogens with one attached hydrogen (secondary N) is 1. The third-order valence-corrected chi connectivity index (χ3v) is 7.90. The van der Waals surface area contributed by atoms with Crippen LogP contribution >= 0.6 is 35.6 Å². The van der Waals surface area contributed by atoms with Crippen LogP contribution in [0.5, 0.6) is 5.75 Å². The summed E-state index contributed by atoms with van der Waals surface area (Å²) in [5.74, 6) is 0.952. The van der Waals surface area contributed by atoms with E-state index in [4.69, 9.17) is 32.9 Å². The van der Waals surface area contributed by atoms with E-state index in [1.807, 2.05) is 67.6 Å². The summed E-state index contributed by atoms with van der Waals surface area (Å²) in [6.45, 7) is 9.60. The summed E-state index contributed by atoms with van der Waals surface area (Å²) in [4.78, 5) is 35.3. The minimum Gasteiger partial charge on any atom is -0.493 e. The number of benzene rings is 3. The molecule has 230 valence electrons. The van der Waals surface area contributed by atoms with Crippen LogP contribution < -0.4 is 10.1 Å². The summed E-state index contributed by atoms with van der Waals surface area (Å²) < 4.78 is 6.16. The first-order valence-corrected chi connectivity index (χ1v) is 14.5. The standard InChI is InChI=1S/C32H34Cl2N4O3.CH4.ClH/c1-5-41-26-18-22(32(2,3)4)10-15-25(26)30-36-28(20-6-11-23(33)12-7-20)29(21-8-13-24(34)14-9-21)38(30)31(40)37-17-16-35-27(39)19-37;;/h6-15,18,28-29H,5,16-17,19H2,1-4H3,(H,35,39);1H4;1H/t28-,29+;;/m0../s1. The summed E-state index contributed by atoms with van der Waals surface area (Å²) in [6.07, 6.45) is 0. The molecule has 2 aliphatic rings. The van der Waals surface area contributed by atoms with Crippen molar-refractivity contribution in [2.75, 3.05) is 26.2 Å². The molecule has 0 aromatic heterocycles. The van der Waals surface area contributed by atoms with Crippen molar-refractivity contribution in [3.8, 4) is 5.75 Å². The molecule has 3 aromatic rings. The number of rotatable bonds is 5. The number of piperazine rings is 1. The van der Waals surface area contributed by atoms with E-state index in [2.05, 4.69) is 32.2 Å². The molecule has 5 rings (SSSR count). The number of hydrogen-bond acceptors (Lipinski definition) is 4. The summed E-state index contributed by atoms with van der Waals surface area (Å²) in [6, 6.07) is 19.8. The highest BCUT2D eigenvalue weighted by atomic mass is 35.5. The van der Waals surface area contributed by atoms with Gasteiger partial charge in [0.05, 0.1) is 18.2 Å². The molecule has 43 heavy (non-hydrogen) atoms. The highest BCUT2D eigenvalue weighted by Crippen LogP contribution is 2.46. The van der Waals surface area contributed by atoms with E-state index in [0.717, 1.165) is 16.7 Å². The molecule has 0 radical (unpaired) electrons. The predicted octanol–water partition coefficient (Wildman–Crippen LogP) is 7.84. The van der Waals surface area contributed by atoms with Gasteiger partial charge in [0.25, 0.3) is 0 Å². The van der Waals surface area contributed by atoms with Gasteiger partial charge in [-0.3, -0.25) is 14.7 Å². The van der Waals surface area contributed by atoms with Gasteiger partial charge < -0.3 is 15.0 Å². The van der Waals surface area contributed by atoms with Crippen LogP contribution in [0, 0.1) is 0 Å². The van der Waals surface area contributed by atoms with Crippen LogP contribution in [-0.2, 0) is 10.2 Å². The number of amidine groups is 1. The third kappa shape index (κ3) is 7.28. The quantitative estimate of drug-likeness (QED) is 0.307. The molecular weight excluding hydrogens is 607 g/mol. The second kappa shape index (κ2) is 14.0. The van der Waals surface area contributed by atoms with Crippen LogP contribution in [0.2, 0.25) is 10.0 Å². The number of carbonyl (C=O) groups excluding carboxylic acids is 2. The lowest BCUT2D eigenvalue weighted by Crippen LogP contribution is -2.55. The Bertz CT molecular complexity index is 1470. The van der Waals surface area contributed by atoms with Crippen LogP contribution in [0.15, 0.2) is 71.7 Å². The zero-order chi connectivity index (χ0) is 29.3. The molecule has 10 heteroatoms. The van der Waals surface area contributed by atoms with Gasteiger partial charge in [-0.25, -0.2) is 4.79 Å². The second-order valence-corrected chi connectivity index (χ2v) is 12.1. The van der Waals surface area contributed by atoms with Crippen molar-refractivity contribution < 1.29 is 14.3 Å². The lowest BCUT2D eigenvalue weighted by molar-refractivity contribution is -0.123. The van der Waals surface area contributed by atoms with E-state index in [1.165, 1.54) is 0 Å². The van der Waals surface area contributed by atoms with Gasteiger partial charge in [-0.15, -0.1) is 12.4 Å². The molecule has 1 saturated heterocycles. The van der Waals surface area contributed by atoms with Gasteiger partial charge in [0, 0.05) is 23.1 Å². The van der Waals surface area contributed by atoms with Gasteiger partial charge in [0.1, 0.15) is 24.2 Å². The molecule has 3 aromatic carbocycles. The number of hydrogen-bond donors (Lipinski definition) is 1. The molecule has 0 bridgehead atoms. The SMILES string of the molecule is C.CCOc1cc(C(C)(C)C)ccc1C1=N[C@@H](c2ccc(Cl)cc2)[C@@H](c2ccc(Cl)cc2)N1C(=O)N1CCNC(=O)C1.Cl. The number of ether oxygens (including phenoxy) is 1. The molecule has 0 aliphatic carbocycles. The largest absolute Gasteiger partial charge is 0.493 e. The summed E-state index contributed by atoms with van der Waals surface area (Å²) in [5.41, 5.74) is 3.49. The highest BCUT2D eigenvalue weighted by Gasteiger charge is 2.45. The van der Waals surface area contributed by atoms with Gasteiger partial charge in [0.15, 0.2) is 0 Å². The Labute approximate surface area is 270 Å². The van der Waals surface area contributed by atoms with Crippen molar-refractivity contribution in [2.45, 2.75) is 52.6 Å². The van der Waals surface area contributed by atoms with E-state index < -0.39 is 12.1 Å². The number of halogens is 3. The van der Waals surface area contributed by atoms with Crippen molar-refractivity contribution in [1.82, 2.24) is 15.1 Å². The summed E-state index contributed by atoms with van der Waals surface area (Å²) in [5, 5.41) is 4.02. The van der Waals surface area contributed by atoms with Gasteiger partial charge in [0.2, 0.25) is 5.91 Å². The Morgan fingerprint density at radius 2 is 1.60 bits per heavy atom. The number of aliphatic imine (C=N–C) groups is 1. The van der Waals surface area contributed by atoms with Gasteiger partial charge in [-0.1, -0.05) is 81.7 Å². The van der Waals surface area contributed by atoms with Gasteiger partial charge in [-0.05, 0) is 65.4 Å². The van der Waals surface area contributed by atoms with Gasteiger partial charge >= 0.3 is 6.03 Å². The fourth-order valence-electron chi connectivity index (χ4n) is 5.26. The maximum absolute atomic E-state index is 14.4. The fraction of sp³-hybridized carbons (Fsp3) is 0.364. The molecule has 0 unspecified atom stereocenters. The molecule has 0 spiro atoms. The minimum atomic E-state index is -0.502. The maximum atomic E-state index is 14.4. The Kier molecular flexibility index (Phi) is 11.2. The zero-order valence-corrected chi connectivity index (χ0v) is 26.4. The molecule has 3 amide bonds. The average molecular weight is 646 g/mol. The van der Waals surface area contributed by atoms with Crippen LogP contribution in [0.4, 0.5) is 4.79 Å². The molecule has 1 N–H and O–H groups in total. The molecule has 7 nitrogen and oxygen atoms in total. The summed E-state index contributed by atoms with van der Waals surface area (Å²) >= 11 is 12.5. The van der Waals surface area contributed by atoms with Crippen LogP contribution in [0.1, 0.15) is 69.5 Å². The Hall–Kier alpha value is -3.26. The number of carbonyl (C=O) groups is 2. The van der Waals surface area contributed by atoms with E-state index in [1.54, 1.807) is 9.80 Å². The first-order valence-electron chi connectivity index (χ1n) is 13.8. The maximum Gasteiger partial charge on any atom is 0.326 e. The molecule has 1 fully saturated rings. The van der Waals surface area contributed by atoms with Crippen LogP contribution in [0.3, 0.4) is 0 Å². The molecule has 2 aliphatic heterocycles. The van der Waals surface area contributed by atoms with Gasteiger partial charge in [-0.2, -0.15) is 0 Å². The highest BCUT2D eigenvalue weighted by molar-refractivity contribution is 6.30. The van der Waals surface area contributed by atoms with Crippen molar-refractivity contribution >= 4 is 53.4 Å². The Morgan fingerprint density at radius 3 is 2.16 bits per heavy atom. The Balaban J connectivity index is 0.00000253. The molecular formula is C33H39Cl3N4O3. The second-order valence-electron chi connectivity index (χ2n) is 11.3. The Morgan fingerprint density at radius 1 is 1.00 bits per heavy atom. The lowest BCUT2D eigenvalue weighted by Gasteiger charge is -2.36. The van der Waals surface area contributed by atoms with Crippen molar-refractivity contribution in [2.24, 2.45) is 4.99 Å². The van der Waals surface area contributed by atoms with Crippen LogP contribution in [-0.4, -0.2) is 53.8 Å². The fourth-order valence-corrected chi connectivity index (χ4v) is 5.51. The zero-order valence-electron chi connectivity index (χ0n) is 24.1. The molecule has 2 heterocycles. The van der Waals surface area contributed by atoms with E-state index in [0.29, 0.717) is 46.9 Å². The van der Waals surface area contributed by atoms with Crippen molar-refractivity contribution in [3.63, 3.8) is 0 Å². The number of urea groups is 1. The minimum absolute atomic E-state index is 0. The number of nitrogens with zero attached hydrogens (tertiary/aromatic N) is 3. The smallest absolute Gasteiger partial charge is 0.326 e. The van der Waals surface area contributed by atoms with Crippen molar-refractivity contribution in [3.05, 3.63) is 99.0 Å². The van der Waals surface area contributed by atoms with Crippen LogP contribution in [0.25, 0.3) is 0 Å². The first kappa shape index (κ1) is 34.2. The predicted molar refractivity (Wildman–Crippen MR) is 177 cm³/mol. The average Bonchev–Trinajstić information content (AvgIpc) is 3.33.